The molecule has 0 N–H and O–H groups in total. The van der Waals surface area contributed by atoms with E-state index in [-0.39, 0.29) is 0 Å². The van der Waals surface area contributed by atoms with Gasteiger partial charge in [-0.3, -0.25) is 0 Å². The third-order valence-electron chi connectivity index (χ3n) is 4.98. The van der Waals surface area contributed by atoms with Crippen molar-refractivity contribution in [2.75, 3.05) is 12.9 Å². The Morgan fingerprint density at radius 2 is 2.03 bits per heavy atom. The molecule has 0 radical (unpaired) electrons. The summed E-state index contributed by atoms with van der Waals surface area (Å²) in [4.78, 5) is 31.1. The van der Waals surface area contributed by atoms with Crippen LogP contribution >= 0.6 is 39.3 Å². The van der Waals surface area contributed by atoms with Crippen LogP contribution in [0.3, 0.4) is 0 Å². The maximum Gasteiger partial charge on any atom is 0.426 e. The third kappa shape index (κ3) is 4.75. The molecule has 0 bridgehead atoms. The first-order valence-corrected chi connectivity index (χ1v) is 11.5. The molecule has 2 atom stereocenters. The first-order valence-electron chi connectivity index (χ1n) is 9.36. The normalized spacial score (nSPS) is 23.8. The first kappa shape index (κ1) is 22.4. The maximum absolute atomic E-state index is 12.8. The Hall–Kier alpha value is -1.25. The van der Waals surface area contributed by atoms with Gasteiger partial charge in [0.2, 0.25) is 0 Å². The zero-order chi connectivity index (χ0) is 21.4. The predicted octanol–water partition coefficient (Wildman–Crippen LogP) is 6.20. The van der Waals surface area contributed by atoms with E-state index in [1.165, 1.54) is 18.9 Å². The van der Waals surface area contributed by atoms with Gasteiger partial charge in [0.05, 0.1) is 12.6 Å². The van der Waals surface area contributed by atoms with Crippen molar-refractivity contribution < 1.29 is 19.1 Å². The van der Waals surface area contributed by atoms with Crippen LogP contribution in [0, 0.1) is 5.92 Å². The molecule has 2 amide bonds. The summed E-state index contributed by atoms with van der Waals surface area (Å²) in [5, 5.41) is 0.904. The fourth-order valence-corrected chi connectivity index (χ4v) is 5.96. The SMILES string of the molecule is COC(=O)N(C(=O)OC(C)(C)C)C1=N[C@@]2(c3cc(Cl)cc(Br)c3)CCC[C@H]2CS1. The molecule has 1 aliphatic heterocycles. The van der Waals surface area contributed by atoms with E-state index >= 15 is 0 Å². The lowest BCUT2D eigenvalue weighted by molar-refractivity contribution is 0.0364. The van der Waals surface area contributed by atoms with Gasteiger partial charge in [0.1, 0.15) is 5.60 Å². The summed E-state index contributed by atoms with van der Waals surface area (Å²) >= 11 is 11.2. The molecular formula is C20H24BrClN2O4S. The second-order valence-corrected chi connectivity index (χ2v) is 10.5. The van der Waals surface area contributed by atoms with Crippen molar-refractivity contribution in [3.63, 3.8) is 0 Å². The van der Waals surface area contributed by atoms with Crippen molar-refractivity contribution in [2.24, 2.45) is 10.9 Å². The molecule has 3 rings (SSSR count). The van der Waals surface area contributed by atoms with Gasteiger partial charge in [-0.2, -0.15) is 4.90 Å². The van der Waals surface area contributed by atoms with Crippen molar-refractivity contribution in [1.82, 2.24) is 4.90 Å². The largest absolute Gasteiger partial charge is 0.452 e. The zero-order valence-corrected chi connectivity index (χ0v) is 20.0. The molecule has 0 aromatic heterocycles. The number of methoxy groups -OCH3 is 1. The van der Waals surface area contributed by atoms with Crippen molar-refractivity contribution in [3.8, 4) is 0 Å². The smallest absolute Gasteiger partial charge is 0.426 e. The number of ether oxygens (including phenoxy) is 2. The molecule has 2 aliphatic rings. The van der Waals surface area contributed by atoms with E-state index in [2.05, 4.69) is 15.9 Å². The average Bonchev–Trinajstić information content (AvgIpc) is 3.04. The lowest BCUT2D eigenvalue weighted by atomic mass is 9.82. The number of benzene rings is 1. The van der Waals surface area contributed by atoms with Crippen LogP contribution in [0.1, 0.15) is 45.6 Å². The lowest BCUT2D eigenvalue weighted by Crippen LogP contribution is -2.47. The first-order chi connectivity index (χ1) is 13.6. The molecule has 1 aliphatic carbocycles. The number of fused-ring (bicyclic) bond motifs is 1. The quantitative estimate of drug-likeness (QED) is 0.456. The van der Waals surface area contributed by atoms with E-state index in [9.17, 15) is 9.59 Å². The highest BCUT2D eigenvalue weighted by molar-refractivity contribution is 9.10. The van der Waals surface area contributed by atoms with Gasteiger partial charge >= 0.3 is 12.2 Å². The lowest BCUT2D eigenvalue weighted by Gasteiger charge is -2.38. The van der Waals surface area contributed by atoms with E-state index in [4.69, 9.17) is 26.1 Å². The second kappa shape index (κ2) is 8.47. The number of imide groups is 1. The number of halogens is 2. The summed E-state index contributed by atoms with van der Waals surface area (Å²) in [5.41, 5.74) is -0.317. The van der Waals surface area contributed by atoms with Crippen LogP contribution in [-0.4, -0.2) is 40.7 Å². The highest BCUT2D eigenvalue weighted by Gasteiger charge is 2.49. The summed E-state index contributed by atoms with van der Waals surface area (Å²) in [6.07, 6.45) is 1.24. The molecule has 9 heteroatoms. The van der Waals surface area contributed by atoms with Crippen LogP contribution in [0.5, 0.6) is 0 Å². The van der Waals surface area contributed by atoms with Crippen molar-refractivity contribution in [2.45, 2.75) is 51.2 Å². The van der Waals surface area contributed by atoms with Gasteiger partial charge in [-0.15, -0.1) is 0 Å². The predicted molar refractivity (Wildman–Crippen MR) is 119 cm³/mol. The van der Waals surface area contributed by atoms with Crippen LogP contribution in [0.2, 0.25) is 5.02 Å². The molecule has 0 saturated heterocycles. The number of carbonyl (C=O) groups is 2. The summed E-state index contributed by atoms with van der Waals surface area (Å²) in [6.45, 7) is 5.23. The summed E-state index contributed by atoms with van der Waals surface area (Å²) in [5.74, 6) is 1.03. The van der Waals surface area contributed by atoms with Gasteiger partial charge in [0.15, 0.2) is 5.17 Å². The Kier molecular flexibility index (Phi) is 6.56. The molecule has 0 unspecified atom stereocenters. The number of hydrogen-bond donors (Lipinski definition) is 0. The highest BCUT2D eigenvalue weighted by atomic mass is 79.9. The second-order valence-electron chi connectivity index (χ2n) is 8.16. The Labute approximate surface area is 188 Å². The highest BCUT2D eigenvalue weighted by Crippen LogP contribution is 2.52. The molecule has 1 fully saturated rings. The topological polar surface area (TPSA) is 68.2 Å². The van der Waals surface area contributed by atoms with Gasteiger partial charge in [-0.1, -0.05) is 45.7 Å². The molecule has 1 heterocycles. The standard InChI is InChI=1S/C20H24BrClN2O4S/c1-19(2,3)28-18(26)24(17(25)27-4)16-23-20(7-5-6-12(20)11-29-16)13-8-14(21)10-15(22)9-13/h8-10,12H,5-7,11H2,1-4H3/t12-,20-/m0/s1. The van der Waals surface area contributed by atoms with Gasteiger partial charge in [-0.05, 0) is 63.3 Å². The molecule has 1 aromatic carbocycles. The van der Waals surface area contributed by atoms with Crippen molar-refractivity contribution in [1.29, 1.82) is 0 Å². The number of amides is 2. The molecule has 1 aromatic rings. The van der Waals surface area contributed by atoms with Crippen molar-refractivity contribution >= 4 is 56.6 Å². The minimum Gasteiger partial charge on any atom is -0.452 e. The molecule has 0 spiro atoms. The zero-order valence-electron chi connectivity index (χ0n) is 16.8. The monoisotopic (exact) mass is 502 g/mol. The van der Waals surface area contributed by atoms with Crippen LogP contribution in [-0.2, 0) is 15.0 Å². The Balaban J connectivity index is 2.07. The van der Waals surface area contributed by atoms with Gasteiger partial charge < -0.3 is 9.47 Å². The third-order valence-corrected chi connectivity index (χ3v) is 6.76. The number of rotatable bonds is 1. The summed E-state index contributed by atoms with van der Waals surface area (Å²) < 4.78 is 11.1. The average molecular weight is 504 g/mol. The summed E-state index contributed by atoms with van der Waals surface area (Å²) in [6, 6.07) is 5.75. The van der Waals surface area contributed by atoms with Crippen LogP contribution in [0.15, 0.2) is 27.7 Å². The van der Waals surface area contributed by atoms with E-state index in [1.54, 1.807) is 20.8 Å². The summed E-state index contributed by atoms with van der Waals surface area (Å²) in [7, 11) is 1.23. The number of hydrogen-bond acceptors (Lipinski definition) is 6. The fraction of sp³-hybridized carbons (Fsp3) is 0.550. The number of nitrogens with zero attached hydrogens (tertiary/aromatic N) is 2. The molecular weight excluding hydrogens is 480 g/mol. The Bertz CT molecular complexity index is 837. The van der Waals surface area contributed by atoms with E-state index in [0.717, 1.165) is 40.0 Å². The molecule has 6 nitrogen and oxygen atoms in total. The number of amidine groups is 1. The Morgan fingerprint density at radius 3 is 2.66 bits per heavy atom. The molecule has 29 heavy (non-hydrogen) atoms. The van der Waals surface area contributed by atoms with Gasteiger partial charge in [0, 0.05) is 15.2 Å². The number of carbonyl (C=O) groups excluding carboxylic acids is 2. The van der Waals surface area contributed by atoms with E-state index in [0.29, 0.717) is 16.1 Å². The van der Waals surface area contributed by atoms with Gasteiger partial charge in [-0.25, -0.2) is 14.6 Å². The Morgan fingerprint density at radius 1 is 1.31 bits per heavy atom. The number of thioether (sulfide) groups is 1. The number of aliphatic imine (C=N–C) groups is 1. The van der Waals surface area contributed by atoms with Gasteiger partial charge in [0.25, 0.3) is 0 Å². The molecule has 1 saturated carbocycles. The van der Waals surface area contributed by atoms with Crippen molar-refractivity contribution in [3.05, 3.63) is 33.3 Å². The van der Waals surface area contributed by atoms with Crippen LogP contribution in [0.4, 0.5) is 9.59 Å². The fourth-order valence-electron chi connectivity index (χ4n) is 3.80. The van der Waals surface area contributed by atoms with E-state index < -0.39 is 23.3 Å². The van der Waals surface area contributed by atoms with Crippen LogP contribution in [0.25, 0.3) is 0 Å². The van der Waals surface area contributed by atoms with E-state index in [1.807, 2.05) is 18.2 Å². The minimum absolute atomic E-state index is 0.291. The van der Waals surface area contributed by atoms with Crippen LogP contribution < -0.4 is 0 Å². The maximum atomic E-state index is 12.8. The molecule has 158 valence electrons. The minimum atomic E-state index is -0.815.